The van der Waals surface area contributed by atoms with Crippen molar-refractivity contribution in [3.63, 3.8) is 0 Å². The Balaban J connectivity index is 2.52. The molecule has 0 saturated heterocycles. The molecule has 2 N–H and O–H groups in total. The summed E-state index contributed by atoms with van der Waals surface area (Å²) < 4.78 is 5.24. The quantitative estimate of drug-likeness (QED) is 0.609. The monoisotopic (exact) mass is 360 g/mol. The summed E-state index contributed by atoms with van der Waals surface area (Å²) in [5, 5.41) is 14.2. The minimum absolute atomic E-state index is 0.0641. The SMILES string of the molecule is COc1ccc(Cl)cc1N/N=C(\C(=O)O)c1cc(C)c(C)c(C)c1C. The summed E-state index contributed by atoms with van der Waals surface area (Å²) in [6.45, 7) is 7.86. The summed E-state index contributed by atoms with van der Waals surface area (Å²) in [5.41, 5.74) is 7.90. The number of aliphatic carboxylic acids is 1. The molecule has 2 aromatic rings. The Morgan fingerprint density at radius 1 is 1.12 bits per heavy atom. The number of benzene rings is 2. The Morgan fingerprint density at radius 3 is 2.40 bits per heavy atom. The Labute approximate surface area is 152 Å². The highest BCUT2D eigenvalue weighted by Gasteiger charge is 2.18. The van der Waals surface area contributed by atoms with E-state index in [4.69, 9.17) is 16.3 Å². The second-order valence-corrected chi connectivity index (χ2v) is 6.27. The van der Waals surface area contributed by atoms with Crippen LogP contribution in [0.15, 0.2) is 29.4 Å². The van der Waals surface area contributed by atoms with E-state index < -0.39 is 5.97 Å². The van der Waals surface area contributed by atoms with E-state index in [0.717, 1.165) is 22.3 Å². The molecule has 0 spiro atoms. The van der Waals surface area contributed by atoms with E-state index in [0.29, 0.717) is 22.0 Å². The lowest BCUT2D eigenvalue weighted by atomic mass is 9.92. The molecule has 0 aliphatic rings. The number of ether oxygens (including phenoxy) is 1. The molecule has 2 rings (SSSR count). The third kappa shape index (κ3) is 3.94. The number of rotatable bonds is 5. The zero-order chi connectivity index (χ0) is 18.7. The van der Waals surface area contributed by atoms with Crippen LogP contribution in [0.3, 0.4) is 0 Å². The third-order valence-electron chi connectivity index (χ3n) is 4.39. The fraction of sp³-hybridized carbons (Fsp3) is 0.263. The first-order valence-corrected chi connectivity index (χ1v) is 8.12. The number of hydrogen-bond acceptors (Lipinski definition) is 4. The molecule has 0 unspecified atom stereocenters. The van der Waals surface area contributed by atoms with E-state index in [1.165, 1.54) is 7.11 Å². The van der Waals surface area contributed by atoms with E-state index in [2.05, 4.69) is 10.5 Å². The lowest BCUT2D eigenvalue weighted by molar-refractivity contribution is -0.129. The molecule has 0 bridgehead atoms. The second-order valence-electron chi connectivity index (χ2n) is 5.84. The van der Waals surface area contributed by atoms with Crippen LogP contribution in [0.5, 0.6) is 5.75 Å². The van der Waals surface area contributed by atoms with E-state index in [-0.39, 0.29) is 5.71 Å². The molecule has 25 heavy (non-hydrogen) atoms. The summed E-state index contributed by atoms with van der Waals surface area (Å²) in [6.07, 6.45) is 0. The first kappa shape index (κ1) is 18.8. The van der Waals surface area contributed by atoms with Gasteiger partial charge in [-0.1, -0.05) is 11.6 Å². The van der Waals surface area contributed by atoms with E-state index in [9.17, 15) is 9.90 Å². The molecule has 132 valence electrons. The van der Waals surface area contributed by atoms with Gasteiger partial charge >= 0.3 is 5.97 Å². The van der Waals surface area contributed by atoms with Crippen molar-refractivity contribution in [2.75, 3.05) is 12.5 Å². The molecule has 6 heteroatoms. The third-order valence-corrected chi connectivity index (χ3v) is 4.62. The maximum absolute atomic E-state index is 11.8. The number of carboxylic acids is 1. The standard InChI is InChI=1S/C19H21ClN2O3/c1-10-8-15(13(4)12(3)11(10)2)18(19(23)24)22-21-16-9-14(20)6-7-17(16)25-5/h6-9,21H,1-5H3,(H,23,24)/b22-18-. The average molecular weight is 361 g/mol. The van der Waals surface area contributed by atoms with Crippen molar-refractivity contribution in [1.82, 2.24) is 0 Å². The second kappa shape index (κ2) is 7.57. The highest BCUT2D eigenvalue weighted by Crippen LogP contribution is 2.28. The minimum atomic E-state index is -1.11. The first-order chi connectivity index (χ1) is 11.8. The number of carbonyl (C=O) groups is 1. The maximum Gasteiger partial charge on any atom is 0.356 e. The molecule has 0 aromatic heterocycles. The predicted molar refractivity (Wildman–Crippen MR) is 101 cm³/mol. The summed E-state index contributed by atoms with van der Waals surface area (Å²) in [6, 6.07) is 6.85. The highest BCUT2D eigenvalue weighted by molar-refractivity contribution is 6.43. The van der Waals surface area contributed by atoms with Crippen molar-refractivity contribution in [3.05, 3.63) is 57.1 Å². The van der Waals surface area contributed by atoms with Crippen LogP contribution in [-0.2, 0) is 4.79 Å². The topological polar surface area (TPSA) is 70.9 Å². The number of nitrogens with one attached hydrogen (secondary N) is 1. The molecule has 2 aromatic carbocycles. The minimum Gasteiger partial charge on any atom is -0.495 e. The summed E-state index contributed by atoms with van der Waals surface area (Å²) >= 11 is 5.99. The lowest BCUT2D eigenvalue weighted by Gasteiger charge is -2.15. The number of carboxylic acid groups (broad SMARTS) is 1. The van der Waals surface area contributed by atoms with Gasteiger partial charge in [-0.2, -0.15) is 5.10 Å². The highest BCUT2D eigenvalue weighted by atomic mass is 35.5. The number of anilines is 1. The number of nitrogens with zero attached hydrogens (tertiary/aromatic N) is 1. The van der Waals surface area contributed by atoms with Gasteiger partial charge in [0, 0.05) is 10.6 Å². The molecule has 0 fully saturated rings. The largest absolute Gasteiger partial charge is 0.495 e. The molecule has 0 amide bonds. The van der Waals surface area contributed by atoms with Crippen molar-refractivity contribution in [3.8, 4) is 5.75 Å². The van der Waals surface area contributed by atoms with Gasteiger partial charge in [-0.05, 0) is 74.2 Å². The number of hydrazone groups is 1. The maximum atomic E-state index is 11.8. The van der Waals surface area contributed by atoms with Gasteiger partial charge in [-0.3, -0.25) is 5.43 Å². The number of methoxy groups -OCH3 is 1. The molecule has 0 aliphatic carbocycles. The van der Waals surface area contributed by atoms with Gasteiger partial charge in [0.05, 0.1) is 12.8 Å². The van der Waals surface area contributed by atoms with E-state index in [1.54, 1.807) is 18.2 Å². The van der Waals surface area contributed by atoms with Crippen LogP contribution in [0, 0.1) is 27.7 Å². The van der Waals surface area contributed by atoms with E-state index >= 15 is 0 Å². The van der Waals surface area contributed by atoms with Crippen LogP contribution >= 0.6 is 11.6 Å². The van der Waals surface area contributed by atoms with Crippen molar-refractivity contribution < 1.29 is 14.6 Å². The number of aryl methyl sites for hydroxylation is 1. The smallest absolute Gasteiger partial charge is 0.356 e. The van der Waals surface area contributed by atoms with Gasteiger partial charge in [-0.15, -0.1) is 0 Å². The zero-order valence-corrected chi connectivity index (χ0v) is 15.7. The van der Waals surface area contributed by atoms with Crippen molar-refractivity contribution in [1.29, 1.82) is 0 Å². The van der Waals surface area contributed by atoms with Crippen LogP contribution in [-0.4, -0.2) is 23.9 Å². The number of hydrogen-bond donors (Lipinski definition) is 2. The molecule has 0 atom stereocenters. The number of halogens is 1. The molecular formula is C19H21ClN2O3. The van der Waals surface area contributed by atoms with Crippen molar-refractivity contribution >= 4 is 29.0 Å². The Hall–Kier alpha value is -2.53. The fourth-order valence-electron chi connectivity index (χ4n) is 2.56. The summed E-state index contributed by atoms with van der Waals surface area (Å²) in [5.74, 6) is -0.592. The molecule has 0 radical (unpaired) electrons. The van der Waals surface area contributed by atoms with Gasteiger partial charge in [0.2, 0.25) is 0 Å². The van der Waals surface area contributed by atoms with Crippen LogP contribution < -0.4 is 10.2 Å². The van der Waals surface area contributed by atoms with Crippen LogP contribution in [0.25, 0.3) is 0 Å². The average Bonchev–Trinajstić information content (AvgIpc) is 2.57. The summed E-state index contributed by atoms with van der Waals surface area (Å²) in [7, 11) is 1.52. The van der Waals surface area contributed by atoms with Gasteiger partial charge in [-0.25, -0.2) is 4.79 Å². The Kier molecular flexibility index (Phi) is 5.69. The van der Waals surface area contributed by atoms with Crippen LogP contribution in [0.1, 0.15) is 27.8 Å². The van der Waals surface area contributed by atoms with Crippen molar-refractivity contribution in [2.45, 2.75) is 27.7 Å². The van der Waals surface area contributed by atoms with Gasteiger partial charge in [0.1, 0.15) is 5.75 Å². The lowest BCUT2D eigenvalue weighted by Crippen LogP contribution is -2.19. The molecule has 0 saturated carbocycles. The normalized spacial score (nSPS) is 11.4. The Bertz CT molecular complexity index is 860. The predicted octanol–water partition coefficient (Wildman–Crippen LogP) is 4.48. The van der Waals surface area contributed by atoms with Crippen LogP contribution in [0.2, 0.25) is 5.02 Å². The summed E-state index contributed by atoms with van der Waals surface area (Å²) in [4.78, 5) is 11.8. The Morgan fingerprint density at radius 2 is 1.80 bits per heavy atom. The molecular weight excluding hydrogens is 340 g/mol. The zero-order valence-electron chi connectivity index (χ0n) is 14.9. The van der Waals surface area contributed by atoms with Gasteiger partial charge < -0.3 is 9.84 Å². The molecule has 0 heterocycles. The first-order valence-electron chi connectivity index (χ1n) is 7.74. The van der Waals surface area contributed by atoms with Gasteiger partial charge in [0.25, 0.3) is 0 Å². The molecule has 5 nitrogen and oxygen atoms in total. The fourth-order valence-corrected chi connectivity index (χ4v) is 2.74. The molecule has 0 aliphatic heterocycles. The van der Waals surface area contributed by atoms with Crippen LogP contribution in [0.4, 0.5) is 5.69 Å². The van der Waals surface area contributed by atoms with E-state index in [1.807, 2.05) is 33.8 Å². The van der Waals surface area contributed by atoms with Crippen molar-refractivity contribution in [2.24, 2.45) is 5.10 Å². The van der Waals surface area contributed by atoms with Gasteiger partial charge in [0.15, 0.2) is 5.71 Å².